The molecule has 1 aliphatic heterocycles. The number of aromatic nitrogens is 2. The predicted molar refractivity (Wildman–Crippen MR) is 102 cm³/mol. The smallest absolute Gasteiger partial charge is 0.242 e. The van der Waals surface area contributed by atoms with Crippen LogP contribution in [0.25, 0.3) is 0 Å². The highest BCUT2D eigenvalue weighted by Crippen LogP contribution is 2.42. The van der Waals surface area contributed by atoms with Gasteiger partial charge < -0.3 is 9.47 Å². The van der Waals surface area contributed by atoms with Gasteiger partial charge in [0.05, 0.1) is 0 Å². The Morgan fingerprint density at radius 2 is 2.23 bits per heavy atom. The third kappa shape index (κ3) is 3.51. The van der Waals surface area contributed by atoms with Crippen molar-refractivity contribution in [3.05, 3.63) is 43.0 Å². The molecule has 0 amide bonds. The summed E-state index contributed by atoms with van der Waals surface area (Å²) in [7, 11) is 0. The van der Waals surface area contributed by atoms with E-state index in [1.54, 1.807) is 24.3 Å². The Bertz CT molecular complexity index is 803. The zero-order chi connectivity index (χ0) is 18.6. The van der Waals surface area contributed by atoms with Crippen LogP contribution in [0.1, 0.15) is 20.3 Å². The van der Waals surface area contributed by atoms with Crippen LogP contribution in [0.2, 0.25) is 0 Å². The van der Waals surface area contributed by atoms with Gasteiger partial charge in [0.1, 0.15) is 19.0 Å². The minimum atomic E-state index is -0.800. The van der Waals surface area contributed by atoms with Gasteiger partial charge in [-0.15, -0.1) is 6.42 Å². The first-order valence-corrected chi connectivity index (χ1v) is 9.36. The first-order valence-electron chi connectivity index (χ1n) is 8.37. The molecule has 1 aromatic heterocycles. The van der Waals surface area contributed by atoms with Crippen LogP contribution in [-0.4, -0.2) is 38.9 Å². The number of para-hydroxylation sites is 2. The molecule has 2 unspecified atom stereocenters. The maximum absolute atomic E-state index is 12.5. The Morgan fingerprint density at radius 1 is 1.46 bits per heavy atom. The first-order chi connectivity index (χ1) is 12.6. The lowest BCUT2D eigenvalue weighted by atomic mass is 10.1. The third-order valence-corrected chi connectivity index (χ3v) is 5.43. The maximum atomic E-state index is 12.5. The summed E-state index contributed by atoms with van der Waals surface area (Å²) in [6, 6.07) is 7.09. The van der Waals surface area contributed by atoms with Gasteiger partial charge in [0, 0.05) is 31.5 Å². The van der Waals surface area contributed by atoms with E-state index in [2.05, 4.69) is 10.9 Å². The Balaban J connectivity index is 1.93. The fourth-order valence-electron chi connectivity index (χ4n) is 2.92. The average Bonchev–Trinajstić information content (AvgIpc) is 3.28. The van der Waals surface area contributed by atoms with Crippen molar-refractivity contribution in [3.63, 3.8) is 0 Å². The highest BCUT2D eigenvalue weighted by Gasteiger charge is 2.49. The van der Waals surface area contributed by atoms with E-state index in [9.17, 15) is 4.79 Å². The van der Waals surface area contributed by atoms with E-state index in [-0.39, 0.29) is 18.4 Å². The number of benzene rings is 1. The van der Waals surface area contributed by atoms with Gasteiger partial charge in [-0.25, -0.2) is 9.66 Å². The minimum absolute atomic E-state index is 0.159. The van der Waals surface area contributed by atoms with Crippen LogP contribution in [0.3, 0.4) is 0 Å². The van der Waals surface area contributed by atoms with Gasteiger partial charge in [0.2, 0.25) is 5.06 Å². The van der Waals surface area contributed by atoms with E-state index in [1.807, 2.05) is 54.0 Å². The van der Waals surface area contributed by atoms with Crippen molar-refractivity contribution in [2.24, 2.45) is 0 Å². The van der Waals surface area contributed by atoms with Gasteiger partial charge >= 0.3 is 0 Å². The molecule has 2 atom stereocenters. The summed E-state index contributed by atoms with van der Waals surface area (Å²) in [6.45, 7) is 3.98. The van der Waals surface area contributed by atoms with Gasteiger partial charge in [-0.1, -0.05) is 36.7 Å². The number of hydrogen-bond donors (Lipinski definition) is 0. The number of rotatable bonds is 7. The number of Topliss-reactive ketones (excluding diaryl/α,β-unsaturated/α-hetero) is 1. The third-order valence-electron chi connectivity index (χ3n) is 4.14. The van der Waals surface area contributed by atoms with E-state index in [0.29, 0.717) is 23.7 Å². The maximum Gasteiger partial charge on any atom is 0.242 e. The lowest BCUT2D eigenvalue weighted by molar-refractivity contribution is -0.120. The molecule has 1 aromatic carbocycles. The molecule has 2 heterocycles. The predicted octanol–water partition coefficient (Wildman–Crippen LogP) is 2.68. The Morgan fingerprint density at radius 3 is 2.88 bits per heavy atom. The topological polar surface area (TPSA) is 56.6 Å². The van der Waals surface area contributed by atoms with E-state index in [1.165, 1.54) is 0 Å². The summed E-state index contributed by atoms with van der Waals surface area (Å²) in [4.78, 5) is 16.6. The molecular weight excluding hydrogens is 350 g/mol. The van der Waals surface area contributed by atoms with Crippen LogP contribution in [0, 0.1) is 12.3 Å². The second-order valence-electron chi connectivity index (χ2n) is 5.87. The molecule has 0 aliphatic carbocycles. The Labute approximate surface area is 157 Å². The molecule has 1 aliphatic rings. The summed E-state index contributed by atoms with van der Waals surface area (Å²) in [5.74, 6) is 4.40. The molecule has 2 aromatic rings. The summed E-state index contributed by atoms with van der Waals surface area (Å²) in [5, 5.41) is 1.13. The molecule has 1 saturated heterocycles. The molecule has 0 spiro atoms. The largest absolute Gasteiger partial charge is 0.477 e. The normalized spacial score (nSPS) is 22.0. The molecule has 0 bridgehead atoms. The molecule has 26 heavy (non-hydrogen) atoms. The quantitative estimate of drug-likeness (QED) is 0.698. The van der Waals surface area contributed by atoms with E-state index in [0.717, 1.165) is 0 Å². The van der Waals surface area contributed by atoms with E-state index >= 15 is 0 Å². The molecule has 7 heteroatoms. The van der Waals surface area contributed by atoms with Crippen LogP contribution < -0.4 is 14.5 Å². The summed E-state index contributed by atoms with van der Waals surface area (Å²) in [6.07, 6.45) is 10.9. The van der Waals surface area contributed by atoms with Crippen molar-refractivity contribution in [1.29, 1.82) is 0 Å². The van der Waals surface area contributed by atoms with E-state index < -0.39 is 5.06 Å². The first kappa shape index (κ1) is 18.2. The Kier molecular flexibility index (Phi) is 5.43. The number of carbonyl (C=O) groups excluding carboxylic acids is 1. The van der Waals surface area contributed by atoms with Crippen molar-refractivity contribution in [2.45, 2.75) is 31.4 Å². The zero-order valence-corrected chi connectivity index (χ0v) is 15.6. The van der Waals surface area contributed by atoms with Gasteiger partial charge in [-0.2, -0.15) is 0 Å². The SMILES string of the molecule is C#CCOc1ccccc1OC1(C)SCC(C(=O)CC)N1n1ccnc1. The van der Waals surface area contributed by atoms with Crippen molar-refractivity contribution < 1.29 is 14.3 Å². The van der Waals surface area contributed by atoms with Crippen LogP contribution in [0.4, 0.5) is 0 Å². The molecule has 3 rings (SSSR count). The highest BCUT2D eigenvalue weighted by molar-refractivity contribution is 8.01. The number of thioether (sulfide) groups is 1. The lowest BCUT2D eigenvalue weighted by Crippen LogP contribution is -2.56. The summed E-state index contributed by atoms with van der Waals surface area (Å²) in [5.41, 5.74) is 0. The van der Waals surface area contributed by atoms with Gasteiger partial charge in [-0.05, 0) is 12.1 Å². The fourth-order valence-corrected chi connectivity index (χ4v) is 4.22. The standard InChI is InChI=1S/C19H21N3O3S/c1-4-12-24-17-8-6-7-9-18(17)25-19(3)22(21-11-10-20-14-21)15(13-26-19)16(23)5-2/h1,6-11,14-15H,5,12-13H2,2-3H3. The summed E-state index contributed by atoms with van der Waals surface area (Å²) < 4.78 is 13.7. The van der Waals surface area contributed by atoms with Crippen molar-refractivity contribution in [3.8, 4) is 23.8 Å². The molecule has 6 nitrogen and oxygen atoms in total. The fraction of sp³-hybridized carbons (Fsp3) is 0.368. The number of nitrogens with zero attached hydrogens (tertiary/aromatic N) is 3. The van der Waals surface area contributed by atoms with Crippen molar-refractivity contribution >= 4 is 17.5 Å². The van der Waals surface area contributed by atoms with Gasteiger partial charge in [-0.3, -0.25) is 9.80 Å². The number of carbonyl (C=O) groups is 1. The second kappa shape index (κ2) is 7.75. The number of imidazole rings is 1. The Hall–Kier alpha value is -2.59. The molecule has 0 saturated carbocycles. The van der Waals surface area contributed by atoms with Crippen LogP contribution in [0.5, 0.6) is 11.5 Å². The average molecular weight is 371 g/mol. The monoisotopic (exact) mass is 371 g/mol. The molecule has 0 N–H and O–H groups in total. The van der Waals surface area contributed by atoms with Crippen LogP contribution in [-0.2, 0) is 4.79 Å². The zero-order valence-electron chi connectivity index (χ0n) is 14.8. The second-order valence-corrected chi connectivity index (χ2v) is 7.25. The van der Waals surface area contributed by atoms with Gasteiger partial charge in [0.25, 0.3) is 0 Å². The number of terminal acetylenes is 1. The van der Waals surface area contributed by atoms with E-state index in [4.69, 9.17) is 15.9 Å². The summed E-state index contributed by atoms with van der Waals surface area (Å²) >= 11 is 1.57. The van der Waals surface area contributed by atoms with Gasteiger partial charge in [0.15, 0.2) is 17.3 Å². The molecular formula is C19H21N3O3S. The van der Waals surface area contributed by atoms with Crippen molar-refractivity contribution in [2.75, 3.05) is 17.4 Å². The van der Waals surface area contributed by atoms with Crippen LogP contribution in [0.15, 0.2) is 43.0 Å². The van der Waals surface area contributed by atoms with Crippen molar-refractivity contribution in [1.82, 2.24) is 9.66 Å². The highest BCUT2D eigenvalue weighted by atomic mass is 32.2. The molecule has 1 fully saturated rings. The molecule has 136 valence electrons. The number of ether oxygens (including phenoxy) is 2. The molecule has 0 radical (unpaired) electrons. The van der Waals surface area contributed by atoms with Crippen LogP contribution >= 0.6 is 11.8 Å². The number of hydrogen-bond acceptors (Lipinski definition) is 6. The number of ketones is 1. The minimum Gasteiger partial charge on any atom is -0.477 e. The lowest BCUT2D eigenvalue weighted by Gasteiger charge is -2.38.